The van der Waals surface area contributed by atoms with Crippen molar-refractivity contribution in [2.24, 2.45) is 0 Å². The molecule has 5 nitrogen and oxygen atoms in total. The van der Waals surface area contributed by atoms with E-state index in [9.17, 15) is 8.42 Å². The van der Waals surface area contributed by atoms with Gasteiger partial charge in [0.05, 0.1) is 11.0 Å². The van der Waals surface area contributed by atoms with Crippen molar-refractivity contribution in [1.29, 1.82) is 0 Å². The third kappa shape index (κ3) is 5.28. The van der Waals surface area contributed by atoms with E-state index in [0.717, 1.165) is 37.0 Å². The molecule has 1 aromatic heterocycles. The molecule has 1 saturated carbocycles. The molecule has 25 heavy (non-hydrogen) atoms. The molecular formula is C19H24N2O3S. The second kappa shape index (κ2) is 8.45. The second-order valence-electron chi connectivity index (χ2n) is 6.36. The fourth-order valence-electron chi connectivity index (χ4n) is 3.02. The van der Waals surface area contributed by atoms with Crippen LogP contribution in [0.15, 0.2) is 53.7 Å². The molecule has 1 aliphatic rings. The van der Waals surface area contributed by atoms with Crippen LogP contribution in [0.1, 0.15) is 37.7 Å². The summed E-state index contributed by atoms with van der Waals surface area (Å²) >= 11 is 0. The van der Waals surface area contributed by atoms with Crippen molar-refractivity contribution in [3.63, 3.8) is 0 Å². The SMILES string of the molecule is O=S(=O)(NCCCc1cccnc1)c1ccc(OC2CCCC2)cc1. The number of benzene rings is 1. The third-order valence-corrected chi connectivity index (χ3v) is 5.87. The summed E-state index contributed by atoms with van der Waals surface area (Å²) < 4.78 is 33.2. The Kier molecular flexibility index (Phi) is 6.04. The van der Waals surface area contributed by atoms with Gasteiger partial charge in [-0.2, -0.15) is 0 Å². The number of ether oxygens (including phenoxy) is 1. The minimum Gasteiger partial charge on any atom is -0.490 e. The highest BCUT2D eigenvalue weighted by molar-refractivity contribution is 7.89. The van der Waals surface area contributed by atoms with E-state index >= 15 is 0 Å². The first-order valence-corrected chi connectivity index (χ1v) is 10.3. The molecule has 0 unspecified atom stereocenters. The van der Waals surface area contributed by atoms with Gasteiger partial charge in [-0.1, -0.05) is 6.07 Å². The van der Waals surface area contributed by atoms with Crippen molar-refractivity contribution >= 4 is 10.0 Å². The van der Waals surface area contributed by atoms with Crippen molar-refractivity contribution in [1.82, 2.24) is 9.71 Å². The van der Waals surface area contributed by atoms with Gasteiger partial charge in [-0.25, -0.2) is 13.1 Å². The average molecular weight is 360 g/mol. The van der Waals surface area contributed by atoms with Crippen LogP contribution in [0.25, 0.3) is 0 Å². The van der Waals surface area contributed by atoms with Crippen molar-refractivity contribution in [3.8, 4) is 5.75 Å². The van der Waals surface area contributed by atoms with Gasteiger partial charge in [-0.15, -0.1) is 0 Å². The van der Waals surface area contributed by atoms with E-state index in [4.69, 9.17) is 4.74 Å². The van der Waals surface area contributed by atoms with Crippen molar-refractivity contribution < 1.29 is 13.2 Å². The monoisotopic (exact) mass is 360 g/mol. The zero-order valence-electron chi connectivity index (χ0n) is 14.2. The molecule has 1 aromatic carbocycles. The van der Waals surface area contributed by atoms with E-state index in [2.05, 4.69) is 9.71 Å². The minimum absolute atomic E-state index is 0.271. The number of nitrogens with zero attached hydrogens (tertiary/aromatic N) is 1. The Balaban J connectivity index is 1.49. The lowest BCUT2D eigenvalue weighted by Gasteiger charge is -2.13. The van der Waals surface area contributed by atoms with Crippen molar-refractivity contribution in [2.75, 3.05) is 6.54 Å². The quantitative estimate of drug-likeness (QED) is 0.733. The normalized spacial score (nSPS) is 15.4. The Labute approximate surface area is 149 Å². The summed E-state index contributed by atoms with van der Waals surface area (Å²) in [6.07, 6.45) is 9.91. The molecule has 3 rings (SSSR count). The number of hydrogen-bond donors (Lipinski definition) is 1. The lowest BCUT2D eigenvalue weighted by molar-refractivity contribution is 0.210. The molecule has 134 valence electrons. The van der Waals surface area contributed by atoms with Gasteiger partial charge in [-0.3, -0.25) is 4.98 Å². The molecule has 0 atom stereocenters. The summed E-state index contributed by atoms with van der Waals surface area (Å²) in [5, 5.41) is 0. The van der Waals surface area contributed by atoms with Gasteiger partial charge in [0.1, 0.15) is 5.75 Å². The number of nitrogens with one attached hydrogen (secondary N) is 1. The number of aromatic nitrogens is 1. The molecule has 1 fully saturated rings. The first-order chi connectivity index (χ1) is 12.1. The van der Waals surface area contributed by atoms with Crippen LogP contribution in [-0.4, -0.2) is 26.1 Å². The topological polar surface area (TPSA) is 68.3 Å². The zero-order chi connectivity index (χ0) is 17.5. The van der Waals surface area contributed by atoms with Gasteiger partial charge in [0.25, 0.3) is 0 Å². The van der Waals surface area contributed by atoms with Gasteiger partial charge in [0, 0.05) is 18.9 Å². The van der Waals surface area contributed by atoms with E-state index in [0.29, 0.717) is 6.54 Å². The van der Waals surface area contributed by atoms with Gasteiger partial charge in [0.15, 0.2) is 0 Å². The molecule has 6 heteroatoms. The summed E-state index contributed by atoms with van der Waals surface area (Å²) in [6, 6.07) is 10.6. The van der Waals surface area contributed by atoms with Gasteiger partial charge < -0.3 is 4.74 Å². The summed E-state index contributed by atoms with van der Waals surface area (Å²) in [5.74, 6) is 0.738. The zero-order valence-corrected chi connectivity index (χ0v) is 15.0. The first-order valence-electron chi connectivity index (χ1n) is 8.79. The lowest BCUT2D eigenvalue weighted by Crippen LogP contribution is -2.25. The van der Waals surface area contributed by atoms with Crippen LogP contribution in [0, 0.1) is 0 Å². The third-order valence-electron chi connectivity index (χ3n) is 4.40. The van der Waals surface area contributed by atoms with Crippen molar-refractivity contribution in [2.45, 2.75) is 49.5 Å². The van der Waals surface area contributed by atoms with Crippen LogP contribution >= 0.6 is 0 Å². The van der Waals surface area contributed by atoms with E-state index < -0.39 is 10.0 Å². The highest BCUT2D eigenvalue weighted by atomic mass is 32.2. The Morgan fingerprint density at radius 2 is 1.88 bits per heavy atom. The maximum Gasteiger partial charge on any atom is 0.240 e. The molecule has 0 radical (unpaired) electrons. The molecule has 0 spiro atoms. The van der Waals surface area contributed by atoms with E-state index in [1.54, 1.807) is 36.7 Å². The lowest BCUT2D eigenvalue weighted by atomic mass is 10.2. The highest BCUT2D eigenvalue weighted by Crippen LogP contribution is 2.24. The molecule has 0 aliphatic heterocycles. The minimum atomic E-state index is -3.48. The van der Waals surface area contributed by atoms with Crippen LogP contribution in [-0.2, 0) is 16.4 Å². The largest absolute Gasteiger partial charge is 0.490 e. The summed E-state index contributed by atoms with van der Waals surface area (Å²) in [4.78, 5) is 4.32. The van der Waals surface area contributed by atoms with Crippen LogP contribution in [0.5, 0.6) is 5.75 Å². The fraction of sp³-hybridized carbons (Fsp3) is 0.421. The molecule has 1 N–H and O–H groups in total. The van der Waals surface area contributed by atoms with E-state index in [1.165, 1.54) is 12.8 Å². The summed E-state index contributed by atoms with van der Waals surface area (Å²) in [6.45, 7) is 0.400. The average Bonchev–Trinajstić information content (AvgIpc) is 3.13. The Hall–Kier alpha value is -1.92. The molecule has 1 heterocycles. The van der Waals surface area contributed by atoms with E-state index in [-0.39, 0.29) is 11.0 Å². The summed E-state index contributed by atoms with van der Waals surface area (Å²) in [5.41, 5.74) is 1.11. The molecule has 0 amide bonds. The molecule has 1 aliphatic carbocycles. The molecular weight excluding hydrogens is 336 g/mol. The predicted molar refractivity (Wildman–Crippen MR) is 97.1 cm³/mol. The maximum atomic E-state index is 12.3. The number of rotatable bonds is 8. The van der Waals surface area contributed by atoms with Crippen LogP contribution in [0.4, 0.5) is 0 Å². The fourth-order valence-corrected chi connectivity index (χ4v) is 4.10. The van der Waals surface area contributed by atoms with E-state index in [1.807, 2.05) is 12.1 Å². The first kappa shape index (κ1) is 17.9. The number of pyridine rings is 1. The van der Waals surface area contributed by atoms with Crippen LogP contribution in [0.2, 0.25) is 0 Å². The molecule has 0 saturated heterocycles. The second-order valence-corrected chi connectivity index (χ2v) is 8.13. The Morgan fingerprint density at radius 1 is 1.12 bits per heavy atom. The Morgan fingerprint density at radius 3 is 2.56 bits per heavy atom. The smallest absolute Gasteiger partial charge is 0.240 e. The standard InChI is InChI=1S/C19H24N2O3S/c22-25(23,21-14-4-6-16-5-3-13-20-15-16)19-11-9-18(10-12-19)24-17-7-1-2-8-17/h3,5,9-13,15,17,21H,1-2,4,6-8,14H2. The van der Waals surface area contributed by atoms with Gasteiger partial charge >= 0.3 is 0 Å². The van der Waals surface area contributed by atoms with Gasteiger partial charge in [0.2, 0.25) is 10.0 Å². The number of hydrogen-bond acceptors (Lipinski definition) is 4. The predicted octanol–water partition coefficient (Wildman–Crippen LogP) is 3.31. The Bertz CT molecular complexity index is 755. The van der Waals surface area contributed by atoms with Crippen LogP contribution in [0.3, 0.4) is 0 Å². The summed E-state index contributed by atoms with van der Waals surface area (Å²) in [7, 11) is -3.48. The molecule has 0 bridgehead atoms. The van der Waals surface area contributed by atoms with Crippen LogP contribution < -0.4 is 9.46 Å². The van der Waals surface area contributed by atoms with Crippen molar-refractivity contribution in [3.05, 3.63) is 54.4 Å². The highest BCUT2D eigenvalue weighted by Gasteiger charge is 2.17. The number of sulfonamides is 1. The maximum absolute atomic E-state index is 12.3. The number of aryl methyl sites for hydroxylation is 1. The van der Waals surface area contributed by atoms with Gasteiger partial charge in [-0.05, 0) is 74.4 Å². The molecule has 2 aromatic rings.